The molecule has 1 N–H and O–H groups in total. The maximum absolute atomic E-state index is 14.3. The molecule has 0 aliphatic heterocycles. The molecule has 0 aliphatic carbocycles. The molecule has 0 spiro atoms. The van der Waals surface area contributed by atoms with E-state index in [0.717, 1.165) is 17.4 Å². The molecule has 184 valence electrons. The Labute approximate surface area is 212 Å². The molecule has 0 aliphatic rings. The second kappa shape index (κ2) is 9.76. The maximum atomic E-state index is 14.3. The number of furan rings is 1. The van der Waals surface area contributed by atoms with E-state index in [9.17, 15) is 22.5 Å². The second-order valence-corrected chi connectivity index (χ2v) is 9.92. The van der Waals surface area contributed by atoms with Gasteiger partial charge in [0.05, 0.1) is 34.2 Å². The summed E-state index contributed by atoms with van der Waals surface area (Å²) < 4.78 is 66.4. The number of anilines is 1. The van der Waals surface area contributed by atoms with Crippen LogP contribution < -0.4 is 9.46 Å². The van der Waals surface area contributed by atoms with E-state index in [0.29, 0.717) is 5.56 Å². The van der Waals surface area contributed by atoms with E-state index in [-0.39, 0.29) is 44.0 Å². The van der Waals surface area contributed by atoms with Gasteiger partial charge in [-0.05, 0) is 48.5 Å². The number of nitriles is 1. The van der Waals surface area contributed by atoms with Crippen LogP contribution in [0.4, 0.5) is 13.9 Å². The van der Waals surface area contributed by atoms with Crippen LogP contribution in [-0.2, 0) is 10.0 Å². The Bertz CT molecular complexity index is 1740. The zero-order valence-electron chi connectivity index (χ0n) is 18.4. The van der Waals surface area contributed by atoms with Gasteiger partial charge in [0.1, 0.15) is 17.5 Å². The predicted molar refractivity (Wildman–Crippen MR) is 129 cm³/mol. The van der Waals surface area contributed by atoms with E-state index in [4.69, 9.17) is 9.15 Å². The third kappa shape index (κ3) is 5.01. The highest BCUT2D eigenvalue weighted by molar-refractivity contribution is 7.93. The number of sulfonamides is 1. The monoisotopic (exact) mass is 537 g/mol. The maximum Gasteiger partial charge on any atom is 0.263 e. The Balaban J connectivity index is 1.52. The average Bonchev–Trinajstić information content (AvgIpc) is 3.59. The van der Waals surface area contributed by atoms with E-state index >= 15 is 0 Å². The summed E-state index contributed by atoms with van der Waals surface area (Å²) in [6.45, 7) is 0. The molecule has 0 fully saturated rings. The molecular formula is C24H13F2N5O4S2. The average molecular weight is 538 g/mol. The number of benzene rings is 1. The van der Waals surface area contributed by atoms with E-state index in [2.05, 4.69) is 19.7 Å². The van der Waals surface area contributed by atoms with Gasteiger partial charge in [-0.2, -0.15) is 19.0 Å². The van der Waals surface area contributed by atoms with Crippen molar-refractivity contribution in [3.8, 4) is 40.1 Å². The normalized spacial score (nSPS) is 11.2. The smallest absolute Gasteiger partial charge is 0.263 e. The van der Waals surface area contributed by atoms with Crippen LogP contribution in [0.5, 0.6) is 11.5 Å². The lowest BCUT2D eigenvalue weighted by atomic mass is 10.1. The topological polar surface area (TPSA) is 131 Å². The molecule has 0 amide bonds. The second-order valence-electron chi connectivity index (χ2n) is 7.34. The van der Waals surface area contributed by atoms with E-state index in [1.54, 1.807) is 11.4 Å². The summed E-state index contributed by atoms with van der Waals surface area (Å²) in [5.74, 6) is -1.76. The molecule has 0 unspecified atom stereocenters. The minimum Gasteiger partial charge on any atom is -0.472 e. The first-order valence-electron chi connectivity index (χ1n) is 10.3. The quantitative estimate of drug-likeness (QED) is 0.265. The summed E-state index contributed by atoms with van der Waals surface area (Å²) in [6, 6.07) is 12.5. The molecule has 0 bridgehead atoms. The van der Waals surface area contributed by atoms with Gasteiger partial charge in [-0.25, -0.2) is 18.4 Å². The minimum atomic E-state index is -3.99. The van der Waals surface area contributed by atoms with Gasteiger partial charge in [-0.15, -0.1) is 11.3 Å². The van der Waals surface area contributed by atoms with Gasteiger partial charge in [-0.1, -0.05) is 0 Å². The van der Waals surface area contributed by atoms with Gasteiger partial charge in [0.15, 0.2) is 10.9 Å². The Kier molecular flexibility index (Phi) is 6.34. The van der Waals surface area contributed by atoms with Crippen LogP contribution in [0.3, 0.4) is 0 Å². The first-order chi connectivity index (χ1) is 17.8. The van der Waals surface area contributed by atoms with Crippen molar-refractivity contribution in [2.24, 2.45) is 0 Å². The largest absolute Gasteiger partial charge is 0.472 e. The van der Waals surface area contributed by atoms with Gasteiger partial charge >= 0.3 is 0 Å². The van der Waals surface area contributed by atoms with Crippen molar-refractivity contribution >= 4 is 26.5 Å². The number of thiazole rings is 1. The highest BCUT2D eigenvalue weighted by Crippen LogP contribution is 2.36. The summed E-state index contributed by atoms with van der Waals surface area (Å²) in [7, 11) is -3.99. The number of ether oxygens (including phenoxy) is 1. The van der Waals surface area contributed by atoms with Crippen LogP contribution in [0.2, 0.25) is 0 Å². The van der Waals surface area contributed by atoms with E-state index < -0.39 is 21.9 Å². The van der Waals surface area contributed by atoms with Crippen LogP contribution in [-0.4, -0.2) is 23.4 Å². The number of nitrogens with zero attached hydrogens (tertiary/aromatic N) is 4. The molecule has 4 aromatic heterocycles. The number of hydrogen-bond donors (Lipinski definition) is 1. The van der Waals surface area contributed by atoms with E-state index in [1.165, 1.54) is 55.1 Å². The summed E-state index contributed by atoms with van der Waals surface area (Å²) in [4.78, 5) is 11.4. The fourth-order valence-corrected chi connectivity index (χ4v) is 5.12. The standard InChI is InChI=1S/C24H13F2N5O4S2/c25-21-6-2-17(23(26)30-21)18-3-5-20(22(29-18)14-7-9-34-13-14)35-19-4-1-16(11-15(19)12-27)37(32,33)31-24-28-8-10-36-24/h1-11,13H,(H,28,31). The first kappa shape index (κ1) is 24.0. The van der Waals surface area contributed by atoms with Crippen molar-refractivity contribution in [3.63, 3.8) is 0 Å². The minimum absolute atomic E-state index is 0.0299. The van der Waals surface area contributed by atoms with Crippen LogP contribution in [0, 0.1) is 23.2 Å². The Hall–Kier alpha value is -4.67. The van der Waals surface area contributed by atoms with Crippen LogP contribution in [0.15, 0.2) is 81.9 Å². The van der Waals surface area contributed by atoms with E-state index in [1.807, 2.05) is 6.07 Å². The number of aromatic nitrogens is 3. The number of nitrogens with one attached hydrogen (secondary N) is 1. The Morgan fingerprint density at radius 2 is 1.89 bits per heavy atom. The molecule has 9 nitrogen and oxygen atoms in total. The molecule has 5 aromatic rings. The molecule has 0 atom stereocenters. The van der Waals surface area contributed by atoms with Crippen molar-refractivity contribution in [3.05, 3.63) is 90.1 Å². The van der Waals surface area contributed by atoms with Crippen molar-refractivity contribution < 1.29 is 26.4 Å². The molecule has 0 saturated carbocycles. The van der Waals surface area contributed by atoms with Gasteiger partial charge in [0, 0.05) is 17.1 Å². The third-order valence-electron chi connectivity index (χ3n) is 5.00. The van der Waals surface area contributed by atoms with Crippen molar-refractivity contribution in [2.75, 3.05) is 4.72 Å². The highest BCUT2D eigenvalue weighted by Gasteiger charge is 2.20. The van der Waals surface area contributed by atoms with Crippen molar-refractivity contribution in [2.45, 2.75) is 4.90 Å². The lowest BCUT2D eigenvalue weighted by molar-refractivity contribution is 0.480. The Morgan fingerprint density at radius 3 is 2.59 bits per heavy atom. The van der Waals surface area contributed by atoms with Gasteiger partial charge < -0.3 is 9.15 Å². The molecule has 13 heteroatoms. The fourth-order valence-electron chi connectivity index (χ4n) is 3.31. The number of pyridine rings is 2. The fraction of sp³-hybridized carbons (Fsp3) is 0. The van der Waals surface area contributed by atoms with Crippen molar-refractivity contribution in [1.29, 1.82) is 5.26 Å². The van der Waals surface area contributed by atoms with Gasteiger partial charge in [0.25, 0.3) is 10.0 Å². The Morgan fingerprint density at radius 1 is 1.05 bits per heavy atom. The van der Waals surface area contributed by atoms with Gasteiger partial charge in [0.2, 0.25) is 11.9 Å². The summed E-state index contributed by atoms with van der Waals surface area (Å²) in [6.07, 6.45) is 4.25. The highest BCUT2D eigenvalue weighted by atomic mass is 32.2. The lowest BCUT2D eigenvalue weighted by Gasteiger charge is -2.13. The van der Waals surface area contributed by atoms with Crippen LogP contribution >= 0.6 is 11.3 Å². The third-order valence-corrected chi connectivity index (χ3v) is 7.15. The lowest BCUT2D eigenvalue weighted by Crippen LogP contribution is -2.13. The van der Waals surface area contributed by atoms with Gasteiger partial charge in [-0.3, -0.25) is 4.72 Å². The number of hydrogen-bond acceptors (Lipinski definition) is 9. The number of rotatable bonds is 7. The molecule has 4 heterocycles. The van der Waals surface area contributed by atoms with Crippen LogP contribution in [0.1, 0.15) is 5.56 Å². The molecule has 0 radical (unpaired) electrons. The van der Waals surface area contributed by atoms with Crippen LogP contribution in [0.25, 0.3) is 22.5 Å². The zero-order valence-corrected chi connectivity index (χ0v) is 20.1. The molecule has 37 heavy (non-hydrogen) atoms. The molecule has 1 aromatic carbocycles. The summed E-state index contributed by atoms with van der Waals surface area (Å²) in [5, 5.41) is 11.5. The summed E-state index contributed by atoms with van der Waals surface area (Å²) >= 11 is 1.11. The SMILES string of the molecule is N#Cc1cc(S(=O)(=O)Nc2nccs2)ccc1Oc1ccc(-c2ccc(F)nc2F)nc1-c1ccoc1. The molecule has 5 rings (SSSR count). The molecule has 0 saturated heterocycles. The number of halogens is 2. The predicted octanol–water partition coefficient (Wildman–Crippen LogP) is 5.60. The first-order valence-corrected chi connectivity index (χ1v) is 12.7. The summed E-state index contributed by atoms with van der Waals surface area (Å²) in [5.41, 5.74) is 0.790. The zero-order chi connectivity index (χ0) is 26.0. The molecular weight excluding hydrogens is 524 g/mol. The van der Waals surface area contributed by atoms with Crippen molar-refractivity contribution in [1.82, 2.24) is 15.0 Å².